The quantitative estimate of drug-likeness (QED) is 0.652. The summed E-state index contributed by atoms with van der Waals surface area (Å²) in [4.78, 5) is 29.3. The topological polar surface area (TPSA) is 64.7 Å². The van der Waals surface area contributed by atoms with Gasteiger partial charge in [0.15, 0.2) is 0 Å². The number of carbonyl (C=O) groups excluding carboxylic acids is 2. The monoisotopic (exact) mass is 452 g/mol. The van der Waals surface area contributed by atoms with Gasteiger partial charge < -0.3 is 20.4 Å². The van der Waals surface area contributed by atoms with Gasteiger partial charge in [-0.25, -0.2) is 0 Å². The second kappa shape index (κ2) is 10.4. The summed E-state index contributed by atoms with van der Waals surface area (Å²) < 4.78 is 0. The van der Waals surface area contributed by atoms with Crippen LogP contribution in [0.1, 0.15) is 109 Å². The third-order valence-electron chi connectivity index (χ3n) is 6.61. The zero-order valence-corrected chi connectivity index (χ0v) is 23.1. The number of carbonyl (C=O) groups is 2. The molecule has 2 fully saturated rings. The van der Waals surface area contributed by atoms with Crippen LogP contribution in [0, 0.1) is 0 Å². The fraction of sp³-hybridized carbons (Fsp3) is 0.923. The molecule has 0 radical (unpaired) electrons. The predicted molar refractivity (Wildman–Crippen MR) is 135 cm³/mol. The van der Waals surface area contributed by atoms with E-state index in [0.717, 1.165) is 25.7 Å². The molecule has 2 aliphatic heterocycles. The van der Waals surface area contributed by atoms with E-state index in [4.69, 9.17) is 0 Å². The maximum absolute atomic E-state index is 12.6. The Labute approximate surface area is 198 Å². The van der Waals surface area contributed by atoms with Crippen molar-refractivity contribution in [1.29, 1.82) is 0 Å². The fourth-order valence-electron chi connectivity index (χ4n) is 6.39. The molecular weight excluding hydrogens is 400 g/mol. The van der Waals surface area contributed by atoms with Crippen molar-refractivity contribution in [2.45, 2.75) is 143 Å². The highest BCUT2D eigenvalue weighted by molar-refractivity contribution is 5.75. The van der Waals surface area contributed by atoms with Crippen LogP contribution in [-0.4, -0.2) is 68.9 Å². The van der Waals surface area contributed by atoms with E-state index in [-0.39, 0.29) is 46.1 Å². The Balaban J connectivity index is 0.00000249. The van der Waals surface area contributed by atoms with Crippen molar-refractivity contribution in [3.63, 3.8) is 0 Å². The molecule has 32 heavy (non-hydrogen) atoms. The molecule has 0 aromatic carbocycles. The Morgan fingerprint density at radius 3 is 1.03 bits per heavy atom. The van der Waals surface area contributed by atoms with Crippen LogP contribution in [-0.2, 0) is 9.59 Å². The Hall–Kier alpha value is -1.14. The first-order valence-corrected chi connectivity index (χ1v) is 12.6. The van der Waals surface area contributed by atoms with Gasteiger partial charge in [-0.15, -0.1) is 0 Å². The minimum Gasteiger partial charge on any atom is -0.338 e. The summed E-state index contributed by atoms with van der Waals surface area (Å²) in [7, 11) is 0. The first kappa shape index (κ1) is 28.9. The summed E-state index contributed by atoms with van der Waals surface area (Å²) in [5.41, 5.74) is -0.0974. The average Bonchev–Trinajstić information content (AvgIpc) is 2.54. The average molecular weight is 453 g/mol. The molecule has 2 N–H and O–H groups in total. The summed E-state index contributed by atoms with van der Waals surface area (Å²) in [5.74, 6) is 0.200. The summed E-state index contributed by atoms with van der Waals surface area (Å²) >= 11 is 0. The normalized spacial score (nSPS) is 24.1. The van der Waals surface area contributed by atoms with E-state index in [1.165, 1.54) is 0 Å². The van der Waals surface area contributed by atoms with Crippen molar-refractivity contribution < 1.29 is 9.59 Å². The molecule has 0 unspecified atom stereocenters. The minimum atomic E-state index is -0.0243. The van der Waals surface area contributed by atoms with Crippen LogP contribution in [0.5, 0.6) is 0 Å². The highest BCUT2D eigenvalue weighted by Crippen LogP contribution is 2.33. The molecule has 2 heterocycles. The Bertz CT molecular complexity index is 566. The highest BCUT2D eigenvalue weighted by atomic mass is 16.2. The van der Waals surface area contributed by atoms with Gasteiger partial charge in [-0.05, 0) is 81.1 Å². The van der Waals surface area contributed by atoms with E-state index < -0.39 is 0 Å². The Morgan fingerprint density at radius 2 is 0.844 bits per heavy atom. The molecule has 6 heteroatoms. The summed E-state index contributed by atoms with van der Waals surface area (Å²) in [6, 6.07) is 0.368. The maximum Gasteiger partial charge on any atom is 0.219 e. The first-order valence-electron chi connectivity index (χ1n) is 12.6. The third-order valence-corrected chi connectivity index (χ3v) is 6.61. The van der Waals surface area contributed by atoms with Crippen LogP contribution < -0.4 is 10.6 Å². The van der Waals surface area contributed by atoms with Gasteiger partial charge in [0.05, 0.1) is 0 Å². The third kappa shape index (κ3) is 8.33. The number of nitrogens with zero attached hydrogens (tertiary/aromatic N) is 2. The van der Waals surface area contributed by atoms with E-state index in [1.807, 2.05) is 23.6 Å². The molecule has 2 saturated heterocycles. The number of hydrogen-bond acceptors (Lipinski definition) is 4. The van der Waals surface area contributed by atoms with Crippen LogP contribution in [0.4, 0.5) is 0 Å². The molecule has 2 aliphatic rings. The number of piperidine rings is 2. The van der Waals surface area contributed by atoms with E-state index >= 15 is 0 Å². The van der Waals surface area contributed by atoms with Gasteiger partial charge in [-0.3, -0.25) is 9.59 Å². The van der Waals surface area contributed by atoms with Gasteiger partial charge in [-0.1, -0.05) is 13.8 Å². The van der Waals surface area contributed by atoms with Gasteiger partial charge in [0, 0.05) is 61.2 Å². The summed E-state index contributed by atoms with van der Waals surface area (Å²) in [6.07, 6.45) is 3.68. The molecule has 0 aromatic rings. The second-order valence-electron chi connectivity index (χ2n) is 12.3. The van der Waals surface area contributed by atoms with E-state index in [1.54, 1.807) is 13.8 Å². The molecular formula is C26H52N4O2. The molecule has 0 saturated carbocycles. The lowest BCUT2D eigenvalue weighted by Crippen LogP contribution is -2.64. The second-order valence-corrected chi connectivity index (χ2v) is 12.3. The van der Waals surface area contributed by atoms with E-state index in [0.29, 0.717) is 13.1 Å². The van der Waals surface area contributed by atoms with Crippen LogP contribution in [0.25, 0.3) is 0 Å². The number of hydrogen-bond donors (Lipinski definition) is 2. The van der Waals surface area contributed by atoms with Crippen molar-refractivity contribution in [3.05, 3.63) is 0 Å². The Kier molecular flexibility index (Phi) is 9.41. The van der Waals surface area contributed by atoms with Gasteiger partial charge in [0.2, 0.25) is 11.8 Å². The lowest BCUT2D eigenvalue weighted by molar-refractivity contribution is -0.138. The van der Waals surface area contributed by atoms with Crippen molar-refractivity contribution in [2.24, 2.45) is 0 Å². The highest BCUT2D eigenvalue weighted by Gasteiger charge is 2.42. The Morgan fingerprint density at radius 1 is 0.625 bits per heavy atom. The van der Waals surface area contributed by atoms with Crippen LogP contribution >= 0.6 is 0 Å². The first-order chi connectivity index (χ1) is 14.4. The molecule has 0 bridgehead atoms. The molecule has 0 spiro atoms. The number of amides is 2. The van der Waals surface area contributed by atoms with Gasteiger partial charge in [-0.2, -0.15) is 0 Å². The molecule has 6 nitrogen and oxygen atoms in total. The number of nitrogens with one attached hydrogen (secondary N) is 2. The zero-order chi connectivity index (χ0) is 25.1. The van der Waals surface area contributed by atoms with Gasteiger partial charge in [0.1, 0.15) is 0 Å². The molecule has 0 aromatic heterocycles. The van der Waals surface area contributed by atoms with Crippen LogP contribution in [0.2, 0.25) is 0 Å². The lowest BCUT2D eigenvalue weighted by Gasteiger charge is -2.51. The van der Waals surface area contributed by atoms with E-state index in [9.17, 15) is 9.59 Å². The predicted octanol–water partition coefficient (Wildman–Crippen LogP) is 4.33. The smallest absolute Gasteiger partial charge is 0.219 e. The summed E-state index contributed by atoms with van der Waals surface area (Å²) in [6.45, 7) is 26.2. The van der Waals surface area contributed by atoms with Crippen LogP contribution in [0.15, 0.2) is 0 Å². The summed E-state index contributed by atoms with van der Waals surface area (Å²) in [5, 5.41) is 7.40. The fourth-order valence-corrected chi connectivity index (χ4v) is 6.39. The molecule has 0 atom stereocenters. The van der Waals surface area contributed by atoms with Crippen LogP contribution in [0.3, 0.4) is 0 Å². The largest absolute Gasteiger partial charge is 0.338 e. The van der Waals surface area contributed by atoms with Crippen molar-refractivity contribution in [2.75, 3.05) is 13.1 Å². The SMILES string of the molecule is CC.CC(=O)N(CCN(C(C)=O)C1CC(C)(C)NC(C)(C)C1)C1CC(C)(C)NC(C)(C)C1. The van der Waals surface area contributed by atoms with Crippen molar-refractivity contribution in [3.8, 4) is 0 Å². The van der Waals surface area contributed by atoms with E-state index in [2.05, 4.69) is 66.0 Å². The van der Waals surface area contributed by atoms with Crippen molar-refractivity contribution >= 4 is 11.8 Å². The molecule has 0 aliphatic carbocycles. The zero-order valence-electron chi connectivity index (χ0n) is 23.1. The molecule has 2 rings (SSSR count). The minimum absolute atomic E-state index is 0.0243. The standard InChI is InChI=1S/C24H46N4O2.C2H6/c1-17(29)27(19-13-21(3,4)25-22(5,6)14-19)11-12-28(18(2)30)20-15-23(7,8)26-24(9,10)16-20;1-2/h19-20,25-26H,11-16H2,1-10H3;1-2H3. The number of rotatable bonds is 5. The van der Waals surface area contributed by atoms with Crippen molar-refractivity contribution in [1.82, 2.24) is 20.4 Å². The maximum atomic E-state index is 12.6. The lowest BCUT2D eigenvalue weighted by atomic mass is 9.78. The molecule has 2 amide bonds. The molecule has 188 valence electrons. The van der Waals surface area contributed by atoms with Gasteiger partial charge >= 0.3 is 0 Å². The van der Waals surface area contributed by atoms with Gasteiger partial charge in [0.25, 0.3) is 0 Å².